The van der Waals surface area contributed by atoms with E-state index in [1.807, 2.05) is 61.7 Å². The van der Waals surface area contributed by atoms with E-state index in [4.69, 9.17) is 10.5 Å². The Kier molecular flexibility index (Phi) is 10.5. The average Bonchev–Trinajstić information content (AvgIpc) is 3.62. The summed E-state index contributed by atoms with van der Waals surface area (Å²) in [5, 5.41) is 9.80. The zero-order valence-electron chi connectivity index (χ0n) is 27.7. The second kappa shape index (κ2) is 14.6. The Balaban J connectivity index is 1.33. The number of nitrogens with one attached hydrogen (secondary N) is 4. The number of carbonyl (C=O) groups is 4. The number of anilines is 1. The molecule has 1 unspecified atom stereocenters. The van der Waals surface area contributed by atoms with Crippen LogP contribution < -0.4 is 21.7 Å². The van der Waals surface area contributed by atoms with E-state index in [-0.39, 0.29) is 11.9 Å². The molecule has 0 radical (unpaired) electrons. The molecule has 0 aliphatic carbocycles. The number of amides is 4. The van der Waals surface area contributed by atoms with Crippen molar-refractivity contribution >= 4 is 40.4 Å². The minimum Gasteiger partial charge on any atom is -0.458 e. The third-order valence-electron chi connectivity index (χ3n) is 8.86. The number of nitrogens with two attached hydrogens (primary N) is 1. The number of esters is 1. The fourth-order valence-electron chi connectivity index (χ4n) is 6.41. The first-order valence-electron chi connectivity index (χ1n) is 16.5. The molecule has 3 aromatic rings. The molecule has 1 aromatic heterocycles. The molecule has 12 nitrogen and oxygen atoms in total. The van der Waals surface area contributed by atoms with Gasteiger partial charge in [-0.1, -0.05) is 43.3 Å². The first-order valence-corrected chi connectivity index (χ1v) is 16.5. The quantitative estimate of drug-likeness (QED) is 0.157. The van der Waals surface area contributed by atoms with E-state index >= 15 is 0 Å². The number of ether oxygens (including phenoxy) is 1. The number of unbranched alkanes of at least 4 members (excludes halogenated alkanes) is 1. The maximum atomic E-state index is 14.1. The van der Waals surface area contributed by atoms with Crippen molar-refractivity contribution in [2.24, 2.45) is 5.73 Å². The summed E-state index contributed by atoms with van der Waals surface area (Å²) < 4.78 is 5.64. The Hall–Kier alpha value is -4.42. The van der Waals surface area contributed by atoms with Gasteiger partial charge >= 0.3 is 12.0 Å². The number of aromatic nitrogens is 1. The number of carbonyl (C=O) groups excluding carboxylic acids is 4. The highest BCUT2D eigenvalue weighted by molar-refractivity contribution is 6.02. The summed E-state index contributed by atoms with van der Waals surface area (Å²) in [4.78, 5) is 60.9. The summed E-state index contributed by atoms with van der Waals surface area (Å²) in [5.74, 6) is -1.52. The van der Waals surface area contributed by atoms with Gasteiger partial charge in [0.05, 0.1) is 0 Å². The van der Waals surface area contributed by atoms with Gasteiger partial charge in [0.1, 0.15) is 23.7 Å². The van der Waals surface area contributed by atoms with Crippen LogP contribution in [0, 0.1) is 0 Å². The second-order valence-electron chi connectivity index (χ2n) is 13.4. The van der Waals surface area contributed by atoms with Gasteiger partial charge in [0, 0.05) is 60.4 Å². The van der Waals surface area contributed by atoms with Crippen molar-refractivity contribution < 1.29 is 23.9 Å². The Labute approximate surface area is 275 Å². The van der Waals surface area contributed by atoms with E-state index < -0.39 is 41.5 Å². The molecule has 252 valence electrons. The highest BCUT2D eigenvalue weighted by atomic mass is 16.6. The minimum atomic E-state index is -0.994. The van der Waals surface area contributed by atoms with Gasteiger partial charge in [-0.3, -0.25) is 14.5 Å². The molecule has 3 heterocycles. The molecule has 2 aliphatic rings. The fourth-order valence-corrected chi connectivity index (χ4v) is 6.41. The summed E-state index contributed by atoms with van der Waals surface area (Å²) >= 11 is 0. The summed E-state index contributed by atoms with van der Waals surface area (Å²) in [6.07, 6.45) is 3.54. The van der Waals surface area contributed by atoms with Crippen molar-refractivity contribution in [1.82, 2.24) is 25.4 Å². The Bertz CT molecular complexity index is 1590. The van der Waals surface area contributed by atoms with Crippen molar-refractivity contribution in [1.29, 1.82) is 0 Å². The SMILES string of the molecule is C[C@@H](c1c[nH]c2ccccc12)[C@@H](NC(=O)N1CCN(C2C(=O)Nc3ccccc32)CC1)C(=O)N[C@@H](CCCCN)C(=O)OC(C)(C)C. The summed E-state index contributed by atoms with van der Waals surface area (Å²) in [6, 6.07) is 12.8. The number of fused-ring (bicyclic) bond motifs is 2. The van der Waals surface area contributed by atoms with Gasteiger partial charge in [0.2, 0.25) is 11.8 Å². The molecule has 0 spiro atoms. The number of hydrogen-bond acceptors (Lipinski definition) is 7. The lowest BCUT2D eigenvalue weighted by atomic mass is 9.92. The van der Waals surface area contributed by atoms with Crippen molar-refractivity contribution in [3.63, 3.8) is 0 Å². The zero-order chi connectivity index (χ0) is 33.7. The predicted octanol–water partition coefficient (Wildman–Crippen LogP) is 3.62. The molecular weight excluding hydrogens is 598 g/mol. The normalized spacial score (nSPS) is 18.6. The molecule has 2 aromatic carbocycles. The Morgan fingerprint density at radius 3 is 2.43 bits per heavy atom. The van der Waals surface area contributed by atoms with Gasteiger partial charge in [0.15, 0.2) is 0 Å². The predicted molar refractivity (Wildman–Crippen MR) is 181 cm³/mol. The fraction of sp³-hybridized carbons (Fsp3) is 0.486. The lowest BCUT2D eigenvalue weighted by Gasteiger charge is -2.38. The van der Waals surface area contributed by atoms with E-state index in [2.05, 4.69) is 25.8 Å². The Morgan fingerprint density at radius 2 is 1.70 bits per heavy atom. The van der Waals surface area contributed by atoms with E-state index in [0.717, 1.165) is 27.7 Å². The molecule has 12 heteroatoms. The lowest BCUT2D eigenvalue weighted by Crippen LogP contribution is -2.59. The van der Waals surface area contributed by atoms with Gasteiger partial charge < -0.3 is 36.3 Å². The number of nitrogens with zero attached hydrogens (tertiary/aromatic N) is 2. The molecule has 6 N–H and O–H groups in total. The number of H-pyrrole nitrogens is 1. The van der Waals surface area contributed by atoms with Crippen LogP contribution in [-0.4, -0.2) is 89.0 Å². The minimum absolute atomic E-state index is 0.0700. The molecule has 1 fully saturated rings. The maximum absolute atomic E-state index is 14.1. The van der Waals surface area contributed by atoms with Crippen LogP contribution in [0.1, 0.15) is 70.0 Å². The van der Waals surface area contributed by atoms with Gasteiger partial charge in [-0.25, -0.2) is 9.59 Å². The summed E-state index contributed by atoms with van der Waals surface area (Å²) in [7, 11) is 0. The van der Waals surface area contributed by atoms with E-state index in [1.165, 1.54) is 0 Å². The third kappa shape index (κ3) is 7.94. The molecule has 0 saturated carbocycles. The molecule has 1 saturated heterocycles. The molecular formula is C35H47N7O5. The maximum Gasteiger partial charge on any atom is 0.329 e. The number of urea groups is 1. The topological polar surface area (TPSA) is 162 Å². The first-order chi connectivity index (χ1) is 22.5. The van der Waals surface area contributed by atoms with Crippen LogP contribution in [0.25, 0.3) is 10.9 Å². The first kappa shape index (κ1) is 33.9. The van der Waals surface area contributed by atoms with E-state index in [9.17, 15) is 19.2 Å². The van der Waals surface area contributed by atoms with Gasteiger partial charge in [-0.05, 0) is 64.3 Å². The smallest absolute Gasteiger partial charge is 0.329 e. The number of benzene rings is 2. The van der Waals surface area contributed by atoms with Crippen LogP contribution in [0.5, 0.6) is 0 Å². The average molecular weight is 646 g/mol. The molecule has 2 aliphatic heterocycles. The Morgan fingerprint density at radius 1 is 1.00 bits per heavy atom. The lowest BCUT2D eigenvalue weighted by molar-refractivity contribution is -0.159. The van der Waals surface area contributed by atoms with Crippen LogP contribution in [0.15, 0.2) is 54.7 Å². The molecule has 47 heavy (non-hydrogen) atoms. The summed E-state index contributed by atoms with van der Waals surface area (Å²) in [5.41, 5.74) is 8.50. The van der Waals surface area contributed by atoms with Gasteiger partial charge in [-0.2, -0.15) is 0 Å². The van der Waals surface area contributed by atoms with Gasteiger partial charge in [0.25, 0.3) is 0 Å². The van der Waals surface area contributed by atoms with Crippen molar-refractivity contribution in [2.45, 2.75) is 76.6 Å². The van der Waals surface area contributed by atoms with Crippen LogP contribution >= 0.6 is 0 Å². The largest absolute Gasteiger partial charge is 0.458 e. The van der Waals surface area contributed by atoms with Crippen molar-refractivity contribution in [2.75, 3.05) is 38.0 Å². The van der Waals surface area contributed by atoms with E-state index in [0.29, 0.717) is 52.0 Å². The highest BCUT2D eigenvalue weighted by Crippen LogP contribution is 2.35. The molecule has 4 atom stereocenters. The van der Waals surface area contributed by atoms with Crippen LogP contribution in [0.3, 0.4) is 0 Å². The number of hydrogen-bond donors (Lipinski definition) is 5. The van der Waals surface area contributed by atoms with Crippen LogP contribution in [0.4, 0.5) is 10.5 Å². The standard InChI is InChI=1S/C35H47N7O5/c1-22(25-21-37-26-13-7-5-11-23(25)26)29(31(43)39-28(15-9-10-16-36)33(45)47-35(2,3)4)40-34(46)42-19-17-41(18-20-42)30-24-12-6-8-14-27(24)38-32(30)44/h5-8,11-14,21-22,28-30,37H,9-10,15-20,36H2,1-4H3,(H,38,44)(H,39,43)(H,40,46)/t22-,28-,29+,30?/m0/s1. The number of para-hydroxylation sites is 2. The third-order valence-corrected chi connectivity index (χ3v) is 8.86. The van der Waals surface area contributed by atoms with Crippen molar-refractivity contribution in [3.8, 4) is 0 Å². The van der Waals surface area contributed by atoms with E-state index in [1.54, 1.807) is 25.7 Å². The van der Waals surface area contributed by atoms with Crippen LogP contribution in [0.2, 0.25) is 0 Å². The van der Waals surface area contributed by atoms with Crippen LogP contribution in [-0.2, 0) is 19.1 Å². The number of piperazine rings is 1. The van der Waals surface area contributed by atoms with Gasteiger partial charge in [-0.15, -0.1) is 0 Å². The number of aromatic amines is 1. The zero-order valence-corrected chi connectivity index (χ0v) is 27.7. The number of rotatable bonds is 11. The van der Waals surface area contributed by atoms with Crippen molar-refractivity contribution in [3.05, 3.63) is 65.9 Å². The molecule has 0 bridgehead atoms. The summed E-state index contributed by atoms with van der Waals surface area (Å²) in [6.45, 7) is 9.46. The second-order valence-corrected chi connectivity index (χ2v) is 13.4. The molecule has 5 rings (SSSR count). The monoisotopic (exact) mass is 645 g/mol. The molecule has 4 amide bonds. The highest BCUT2D eigenvalue weighted by Gasteiger charge is 2.39.